The molecule has 0 amide bonds. The first-order valence-corrected chi connectivity index (χ1v) is 11.4. The van der Waals surface area contributed by atoms with Crippen molar-refractivity contribution in [3.8, 4) is 5.75 Å². The Labute approximate surface area is 192 Å². The number of rotatable bonds is 15. The van der Waals surface area contributed by atoms with Gasteiger partial charge in [0.15, 0.2) is 0 Å². The number of nitrogens with zero attached hydrogens (tertiary/aromatic N) is 1. The van der Waals surface area contributed by atoms with E-state index in [1.165, 1.54) is 16.7 Å². The summed E-state index contributed by atoms with van der Waals surface area (Å²) < 4.78 is 12.1. The van der Waals surface area contributed by atoms with Crippen LogP contribution in [-0.2, 0) is 28.8 Å². The van der Waals surface area contributed by atoms with Gasteiger partial charge in [0.2, 0.25) is 0 Å². The van der Waals surface area contributed by atoms with E-state index < -0.39 is 5.97 Å². The van der Waals surface area contributed by atoms with Crippen LogP contribution in [0.3, 0.4) is 0 Å². The van der Waals surface area contributed by atoms with Gasteiger partial charge in [0, 0.05) is 19.4 Å². The summed E-state index contributed by atoms with van der Waals surface area (Å²) in [6, 6.07) is 16.9. The van der Waals surface area contributed by atoms with E-state index in [2.05, 4.69) is 48.7 Å². The molecule has 0 aliphatic rings. The molecule has 2 aromatic carbocycles. The second kappa shape index (κ2) is 13.6. The van der Waals surface area contributed by atoms with Crippen molar-refractivity contribution >= 4 is 5.97 Å². The molecule has 0 radical (unpaired) electrons. The van der Waals surface area contributed by atoms with Gasteiger partial charge in [-0.1, -0.05) is 56.0 Å². The quantitative estimate of drug-likeness (QED) is 0.390. The zero-order chi connectivity index (χ0) is 23.3. The Kier molecular flexibility index (Phi) is 10.8. The lowest BCUT2D eigenvalue weighted by molar-refractivity contribution is -0.137. The molecular formula is C27H37NO4. The van der Waals surface area contributed by atoms with Crippen LogP contribution < -0.4 is 4.74 Å². The average molecular weight is 440 g/mol. The van der Waals surface area contributed by atoms with Gasteiger partial charge in [0.05, 0.1) is 12.2 Å². The molecule has 0 aliphatic heterocycles. The molecule has 0 bridgehead atoms. The van der Waals surface area contributed by atoms with Crippen molar-refractivity contribution in [2.75, 3.05) is 27.2 Å². The van der Waals surface area contributed by atoms with Crippen molar-refractivity contribution in [2.24, 2.45) is 0 Å². The summed E-state index contributed by atoms with van der Waals surface area (Å²) in [6.45, 7) is 7.30. The summed E-state index contributed by atoms with van der Waals surface area (Å²) in [6.07, 6.45) is 3.81. The standard InChI is InChI=1S/C27H37NO4/c1-5-22-9-8-10-23(19-22)14-15-24-11-6-7-12-26(24)31-20-25(17-18-28(3)4)32-21(2)13-16-27(29)30/h6-12,19,25H,2,5,13-18,20H2,1,3-4H3,(H,29,30). The maximum absolute atomic E-state index is 10.8. The Morgan fingerprint density at radius 1 is 1.06 bits per heavy atom. The monoisotopic (exact) mass is 439 g/mol. The van der Waals surface area contributed by atoms with Gasteiger partial charge in [0.25, 0.3) is 0 Å². The fourth-order valence-corrected chi connectivity index (χ4v) is 3.44. The molecule has 0 aromatic heterocycles. The highest BCUT2D eigenvalue weighted by Gasteiger charge is 2.15. The highest BCUT2D eigenvalue weighted by Crippen LogP contribution is 2.22. The summed E-state index contributed by atoms with van der Waals surface area (Å²) in [4.78, 5) is 12.9. The molecule has 2 rings (SSSR count). The minimum absolute atomic E-state index is 0.0160. The first kappa shape index (κ1) is 25.5. The van der Waals surface area contributed by atoms with Gasteiger partial charge in [-0.25, -0.2) is 0 Å². The van der Waals surface area contributed by atoms with Crippen LogP contribution in [0, 0.1) is 0 Å². The lowest BCUT2D eigenvalue weighted by Crippen LogP contribution is -2.27. The molecule has 1 atom stereocenters. The van der Waals surface area contributed by atoms with Gasteiger partial charge >= 0.3 is 5.97 Å². The van der Waals surface area contributed by atoms with Gasteiger partial charge in [-0.3, -0.25) is 4.79 Å². The van der Waals surface area contributed by atoms with E-state index in [0.717, 1.165) is 38.0 Å². The topological polar surface area (TPSA) is 59.0 Å². The number of allylic oxidation sites excluding steroid dienone is 1. The Morgan fingerprint density at radius 3 is 2.53 bits per heavy atom. The van der Waals surface area contributed by atoms with Crippen LogP contribution in [0.1, 0.15) is 42.9 Å². The van der Waals surface area contributed by atoms with Gasteiger partial charge in [-0.2, -0.15) is 0 Å². The highest BCUT2D eigenvalue weighted by atomic mass is 16.5. The van der Waals surface area contributed by atoms with Crippen LogP contribution in [0.15, 0.2) is 60.9 Å². The molecule has 32 heavy (non-hydrogen) atoms. The highest BCUT2D eigenvalue weighted by molar-refractivity contribution is 5.66. The molecule has 0 aliphatic carbocycles. The van der Waals surface area contributed by atoms with Crippen LogP contribution in [0.25, 0.3) is 0 Å². The maximum Gasteiger partial charge on any atom is 0.303 e. The van der Waals surface area contributed by atoms with Gasteiger partial charge in [-0.15, -0.1) is 0 Å². The third kappa shape index (κ3) is 9.56. The van der Waals surface area contributed by atoms with Gasteiger partial charge in [-0.05, 0) is 56.1 Å². The number of para-hydroxylation sites is 1. The average Bonchev–Trinajstić information content (AvgIpc) is 2.78. The van der Waals surface area contributed by atoms with Gasteiger partial charge in [0.1, 0.15) is 18.5 Å². The number of hydrogen-bond donors (Lipinski definition) is 1. The van der Waals surface area contributed by atoms with Crippen molar-refractivity contribution in [1.82, 2.24) is 4.90 Å². The van der Waals surface area contributed by atoms with Crippen molar-refractivity contribution in [1.29, 1.82) is 0 Å². The Balaban J connectivity index is 1.98. The second-order valence-corrected chi connectivity index (χ2v) is 8.36. The second-order valence-electron chi connectivity index (χ2n) is 8.36. The number of aryl methyl sites for hydroxylation is 3. The summed E-state index contributed by atoms with van der Waals surface area (Å²) in [7, 11) is 4.03. The summed E-state index contributed by atoms with van der Waals surface area (Å²) >= 11 is 0. The lowest BCUT2D eigenvalue weighted by atomic mass is 10.0. The predicted molar refractivity (Wildman–Crippen MR) is 129 cm³/mol. The van der Waals surface area contributed by atoms with E-state index in [9.17, 15) is 4.79 Å². The molecule has 0 saturated heterocycles. The van der Waals surface area contributed by atoms with E-state index in [1.807, 2.05) is 32.3 Å². The Bertz CT molecular complexity index is 862. The fourth-order valence-electron chi connectivity index (χ4n) is 3.44. The smallest absolute Gasteiger partial charge is 0.303 e. The van der Waals surface area contributed by atoms with Crippen LogP contribution in [0.4, 0.5) is 0 Å². The lowest BCUT2D eigenvalue weighted by Gasteiger charge is -2.23. The molecule has 1 N–H and O–H groups in total. The zero-order valence-corrected chi connectivity index (χ0v) is 19.7. The molecule has 174 valence electrons. The molecule has 5 heteroatoms. The normalized spacial score (nSPS) is 11.9. The van der Waals surface area contributed by atoms with E-state index in [1.54, 1.807) is 0 Å². The molecule has 2 aromatic rings. The van der Waals surface area contributed by atoms with Crippen LogP contribution >= 0.6 is 0 Å². The first-order chi connectivity index (χ1) is 15.4. The zero-order valence-electron chi connectivity index (χ0n) is 19.7. The number of carboxylic acid groups (broad SMARTS) is 1. The van der Waals surface area contributed by atoms with Crippen molar-refractivity contribution in [3.05, 3.63) is 77.6 Å². The third-order valence-corrected chi connectivity index (χ3v) is 5.33. The van der Waals surface area contributed by atoms with Crippen LogP contribution in [0.2, 0.25) is 0 Å². The Hall–Kier alpha value is -2.79. The largest absolute Gasteiger partial charge is 0.492 e. The molecule has 1 unspecified atom stereocenters. The minimum Gasteiger partial charge on any atom is -0.492 e. The van der Waals surface area contributed by atoms with Crippen molar-refractivity contribution in [3.63, 3.8) is 0 Å². The fraction of sp³-hybridized carbons (Fsp3) is 0.444. The van der Waals surface area contributed by atoms with Crippen LogP contribution in [0.5, 0.6) is 5.75 Å². The number of carbonyl (C=O) groups is 1. The molecule has 0 fully saturated rings. The molecule has 0 saturated carbocycles. The number of carboxylic acids is 1. The van der Waals surface area contributed by atoms with Crippen molar-refractivity contribution in [2.45, 2.75) is 51.6 Å². The Morgan fingerprint density at radius 2 is 1.81 bits per heavy atom. The number of aliphatic carboxylic acids is 1. The van der Waals surface area contributed by atoms with Crippen molar-refractivity contribution < 1.29 is 19.4 Å². The summed E-state index contributed by atoms with van der Waals surface area (Å²) in [5, 5.41) is 8.89. The molecular weight excluding hydrogens is 402 g/mol. The molecule has 0 spiro atoms. The van der Waals surface area contributed by atoms with Crippen LogP contribution in [-0.4, -0.2) is 49.3 Å². The number of ether oxygens (including phenoxy) is 2. The van der Waals surface area contributed by atoms with E-state index in [0.29, 0.717) is 18.8 Å². The number of hydrogen-bond acceptors (Lipinski definition) is 4. The maximum atomic E-state index is 10.8. The summed E-state index contributed by atoms with van der Waals surface area (Å²) in [5.74, 6) is 0.506. The number of benzene rings is 2. The molecule has 5 nitrogen and oxygen atoms in total. The minimum atomic E-state index is -0.853. The van der Waals surface area contributed by atoms with E-state index in [4.69, 9.17) is 14.6 Å². The van der Waals surface area contributed by atoms with E-state index in [-0.39, 0.29) is 12.5 Å². The predicted octanol–water partition coefficient (Wildman–Crippen LogP) is 5.13. The summed E-state index contributed by atoms with van der Waals surface area (Å²) in [5.41, 5.74) is 3.86. The first-order valence-electron chi connectivity index (χ1n) is 11.4. The SMILES string of the molecule is C=C(CCC(=O)O)OC(CCN(C)C)COc1ccccc1CCc1cccc(CC)c1. The third-order valence-electron chi connectivity index (χ3n) is 5.33. The van der Waals surface area contributed by atoms with Gasteiger partial charge < -0.3 is 19.5 Å². The molecule has 0 heterocycles. The van der Waals surface area contributed by atoms with E-state index >= 15 is 0 Å².